The van der Waals surface area contributed by atoms with Crippen molar-refractivity contribution in [1.29, 1.82) is 0 Å². The Balaban J connectivity index is 0.000000262. The Kier molecular flexibility index (Phi) is 6.64. The van der Waals surface area contributed by atoms with E-state index in [4.69, 9.17) is 5.11 Å². The van der Waals surface area contributed by atoms with Gasteiger partial charge in [-0.3, -0.25) is 4.98 Å². The van der Waals surface area contributed by atoms with E-state index in [0.29, 0.717) is 0 Å². The molecule has 1 N–H and O–H groups in total. The first-order valence-electron chi connectivity index (χ1n) is 4.64. The van der Waals surface area contributed by atoms with E-state index < -0.39 is 0 Å². The van der Waals surface area contributed by atoms with Gasteiger partial charge in [0.25, 0.3) is 0 Å². The molecule has 0 atom stereocenters. The lowest BCUT2D eigenvalue weighted by atomic mass is 10.2. The van der Waals surface area contributed by atoms with Crippen LogP contribution < -0.4 is 0 Å². The molecule has 0 bridgehead atoms. The highest BCUT2D eigenvalue weighted by Gasteiger charge is 1.85. The summed E-state index contributed by atoms with van der Waals surface area (Å²) in [6.45, 7) is 10.6. The van der Waals surface area contributed by atoms with E-state index in [9.17, 15) is 0 Å². The summed E-state index contributed by atoms with van der Waals surface area (Å²) in [5.74, 6) is 0.194. The molecule has 15 heavy (non-hydrogen) atoms. The fraction of sp³-hybridized carbons (Fsp3) is 0.154. The highest BCUT2D eigenvalue weighted by atomic mass is 16.3. The molecule has 80 valence electrons. The molecule has 2 nitrogen and oxygen atoms in total. The number of aliphatic hydroxyl groups is 1. The Hall–Kier alpha value is -1.83. The number of rotatable bonds is 2. The topological polar surface area (TPSA) is 33.1 Å². The van der Waals surface area contributed by atoms with Crippen LogP contribution >= 0.6 is 0 Å². The molecule has 0 aliphatic carbocycles. The molecule has 0 unspecified atom stereocenters. The summed E-state index contributed by atoms with van der Waals surface area (Å²) in [5, 5.41) is 8.82. The summed E-state index contributed by atoms with van der Waals surface area (Å²) in [6, 6.07) is 5.86. The van der Waals surface area contributed by atoms with Crippen LogP contribution in [0.4, 0.5) is 0 Å². The largest absolute Gasteiger partial charge is 0.508 e. The molecular formula is C13H17NO. The lowest BCUT2D eigenvalue weighted by molar-refractivity contribution is 0.428. The van der Waals surface area contributed by atoms with Crippen molar-refractivity contribution in [2.45, 2.75) is 13.8 Å². The van der Waals surface area contributed by atoms with Gasteiger partial charge in [-0.15, -0.1) is 0 Å². The van der Waals surface area contributed by atoms with Gasteiger partial charge in [0, 0.05) is 11.9 Å². The van der Waals surface area contributed by atoms with Crippen LogP contribution in [0.3, 0.4) is 0 Å². The van der Waals surface area contributed by atoms with Gasteiger partial charge in [0.05, 0.1) is 0 Å². The highest BCUT2D eigenvalue weighted by Crippen LogP contribution is 2.00. The number of hydrogen-bond donors (Lipinski definition) is 1. The number of aromatic nitrogens is 1. The molecule has 0 fully saturated rings. The quantitative estimate of drug-likeness (QED) is 0.588. The van der Waals surface area contributed by atoms with Crippen LogP contribution in [-0.4, -0.2) is 10.1 Å². The molecule has 1 aromatic rings. The third-order valence-electron chi connectivity index (χ3n) is 1.72. The van der Waals surface area contributed by atoms with Gasteiger partial charge in [0.1, 0.15) is 5.76 Å². The average Bonchev–Trinajstić information content (AvgIpc) is 2.29. The third kappa shape index (κ3) is 6.27. The Morgan fingerprint density at radius 3 is 2.20 bits per heavy atom. The summed E-state index contributed by atoms with van der Waals surface area (Å²) < 4.78 is 0. The molecule has 0 aliphatic rings. The van der Waals surface area contributed by atoms with Crippen LogP contribution in [0.2, 0.25) is 0 Å². The minimum absolute atomic E-state index is 0.194. The standard InChI is InChI=1S/C7H10O.C6H7N/c1-4-6(3)7(8)5-2;1-6-4-2-3-5-7-6/h4-5,8H,1-2H2,3H3;2-5H,1H3/b7-6+;. The van der Waals surface area contributed by atoms with Crippen LogP contribution in [-0.2, 0) is 0 Å². The van der Waals surface area contributed by atoms with Gasteiger partial charge in [-0.1, -0.05) is 25.3 Å². The van der Waals surface area contributed by atoms with Gasteiger partial charge >= 0.3 is 0 Å². The Bertz CT molecular complexity index is 323. The van der Waals surface area contributed by atoms with E-state index >= 15 is 0 Å². The number of hydrogen-bond acceptors (Lipinski definition) is 2. The molecule has 0 spiro atoms. The number of pyridine rings is 1. The van der Waals surface area contributed by atoms with Crippen LogP contribution in [0, 0.1) is 6.92 Å². The van der Waals surface area contributed by atoms with Gasteiger partial charge in [-0.25, -0.2) is 0 Å². The van der Waals surface area contributed by atoms with E-state index in [1.165, 1.54) is 6.08 Å². The zero-order valence-corrected chi connectivity index (χ0v) is 9.27. The summed E-state index contributed by atoms with van der Waals surface area (Å²) >= 11 is 0. The van der Waals surface area contributed by atoms with E-state index in [1.54, 1.807) is 19.2 Å². The molecule has 2 heteroatoms. The summed E-state index contributed by atoms with van der Waals surface area (Å²) in [7, 11) is 0. The SMILES string of the molecule is C=C/C(C)=C(/O)C=C.Cc1ccccn1. The van der Waals surface area contributed by atoms with Crippen LogP contribution in [0.1, 0.15) is 12.6 Å². The van der Waals surface area contributed by atoms with Crippen molar-refractivity contribution in [3.63, 3.8) is 0 Å². The Morgan fingerprint density at radius 1 is 1.33 bits per heavy atom. The summed E-state index contributed by atoms with van der Waals surface area (Å²) in [6.07, 6.45) is 4.75. The van der Waals surface area contributed by atoms with Crippen LogP contribution in [0.15, 0.2) is 61.0 Å². The van der Waals surface area contributed by atoms with E-state index in [1.807, 2.05) is 25.1 Å². The lowest BCUT2D eigenvalue weighted by Crippen LogP contribution is -1.76. The van der Waals surface area contributed by atoms with Crippen molar-refractivity contribution in [1.82, 2.24) is 4.98 Å². The predicted molar refractivity (Wildman–Crippen MR) is 64.7 cm³/mol. The summed E-state index contributed by atoms with van der Waals surface area (Å²) in [4.78, 5) is 3.98. The van der Waals surface area contributed by atoms with Gasteiger partial charge in [-0.2, -0.15) is 0 Å². The Labute approximate surface area is 91.3 Å². The van der Waals surface area contributed by atoms with Crippen molar-refractivity contribution in [2.24, 2.45) is 0 Å². The van der Waals surface area contributed by atoms with Gasteiger partial charge in [0.15, 0.2) is 0 Å². The minimum Gasteiger partial charge on any atom is -0.508 e. The first-order chi connectivity index (χ1) is 7.11. The predicted octanol–water partition coefficient (Wildman–Crippen LogP) is 3.58. The monoisotopic (exact) mass is 203 g/mol. The van der Waals surface area contributed by atoms with Crippen molar-refractivity contribution < 1.29 is 5.11 Å². The van der Waals surface area contributed by atoms with Crippen molar-refractivity contribution in [2.75, 3.05) is 0 Å². The van der Waals surface area contributed by atoms with Crippen molar-refractivity contribution in [3.05, 3.63) is 66.7 Å². The first kappa shape index (κ1) is 13.2. The molecule has 0 saturated carbocycles. The van der Waals surface area contributed by atoms with Gasteiger partial charge in [0.2, 0.25) is 0 Å². The molecule has 0 amide bonds. The number of aliphatic hydroxyl groups excluding tert-OH is 1. The zero-order valence-electron chi connectivity index (χ0n) is 9.27. The van der Waals surface area contributed by atoms with Gasteiger partial charge in [-0.05, 0) is 37.6 Å². The minimum atomic E-state index is 0.194. The van der Waals surface area contributed by atoms with E-state index in [-0.39, 0.29) is 5.76 Å². The zero-order chi connectivity index (χ0) is 11.7. The molecular weight excluding hydrogens is 186 g/mol. The number of nitrogens with zero attached hydrogens (tertiary/aromatic N) is 1. The van der Waals surface area contributed by atoms with Gasteiger partial charge < -0.3 is 5.11 Å². The molecule has 0 aromatic carbocycles. The second kappa shape index (κ2) is 7.56. The third-order valence-corrected chi connectivity index (χ3v) is 1.72. The first-order valence-corrected chi connectivity index (χ1v) is 4.64. The van der Waals surface area contributed by atoms with E-state index in [0.717, 1.165) is 11.3 Å². The normalized spacial score (nSPS) is 10.5. The summed E-state index contributed by atoms with van der Waals surface area (Å²) in [5.41, 5.74) is 1.82. The van der Waals surface area contributed by atoms with Crippen LogP contribution in [0.5, 0.6) is 0 Å². The molecule has 0 radical (unpaired) electrons. The smallest absolute Gasteiger partial charge is 0.117 e. The maximum absolute atomic E-state index is 8.82. The molecule has 0 saturated heterocycles. The number of aryl methyl sites for hydroxylation is 1. The lowest BCUT2D eigenvalue weighted by Gasteiger charge is -1.91. The maximum Gasteiger partial charge on any atom is 0.117 e. The molecule has 1 aromatic heterocycles. The molecule has 1 rings (SSSR count). The highest BCUT2D eigenvalue weighted by molar-refractivity contribution is 5.23. The maximum atomic E-state index is 8.82. The number of allylic oxidation sites excluding steroid dienone is 3. The fourth-order valence-electron chi connectivity index (χ4n) is 0.714. The Morgan fingerprint density at radius 2 is 2.00 bits per heavy atom. The van der Waals surface area contributed by atoms with E-state index in [2.05, 4.69) is 18.1 Å². The fourth-order valence-corrected chi connectivity index (χ4v) is 0.714. The van der Waals surface area contributed by atoms with Crippen molar-refractivity contribution in [3.8, 4) is 0 Å². The second-order valence-corrected chi connectivity index (χ2v) is 2.95. The second-order valence-electron chi connectivity index (χ2n) is 2.95. The van der Waals surface area contributed by atoms with Crippen LogP contribution in [0.25, 0.3) is 0 Å². The molecule has 1 heterocycles. The average molecular weight is 203 g/mol. The molecule has 0 aliphatic heterocycles. The van der Waals surface area contributed by atoms with Crippen molar-refractivity contribution >= 4 is 0 Å².